The minimum Gasteiger partial charge on any atom is -0.497 e. The van der Waals surface area contributed by atoms with Gasteiger partial charge in [-0.3, -0.25) is 0 Å². The number of nitrogens with one attached hydrogen (secondary N) is 1. The van der Waals surface area contributed by atoms with Crippen LogP contribution in [0.4, 0.5) is 0 Å². The Hall–Kier alpha value is -1.18. The van der Waals surface area contributed by atoms with Gasteiger partial charge < -0.3 is 10.1 Å². The van der Waals surface area contributed by atoms with Gasteiger partial charge in [0.25, 0.3) is 0 Å². The summed E-state index contributed by atoms with van der Waals surface area (Å²) in [4.78, 5) is 0. The molecule has 0 amide bonds. The molecule has 54 valence electrons. The number of rotatable bonds is 2. The third-order valence-electron chi connectivity index (χ3n) is 1.16. The molecule has 0 saturated carbocycles. The largest absolute Gasteiger partial charge is 0.497 e. The van der Waals surface area contributed by atoms with Crippen molar-refractivity contribution in [3.05, 3.63) is 36.4 Å². The fourth-order valence-corrected chi connectivity index (χ4v) is 0.670. The molecule has 2 heteroatoms. The molecule has 10 heavy (non-hydrogen) atoms. The average molecular weight is 137 g/mol. The summed E-state index contributed by atoms with van der Waals surface area (Å²) in [6.45, 7) is 2.63. The Morgan fingerprint density at radius 2 is 2.60 bits per heavy atom. The summed E-state index contributed by atoms with van der Waals surface area (Å²) in [7, 11) is 0. The minimum atomic E-state index is 0.663. The Morgan fingerprint density at radius 3 is 3.20 bits per heavy atom. The van der Waals surface area contributed by atoms with E-state index < -0.39 is 0 Å². The Bertz CT molecular complexity index is 180. The van der Waals surface area contributed by atoms with Crippen LogP contribution in [0, 0.1) is 0 Å². The monoisotopic (exact) mass is 137 g/mol. The van der Waals surface area contributed by atoms with Gasteiger partial charge in [-0.15, -0.1) is 0 Å². The van der Waals surface area contributed by atoms with Crippen LogP contribution in [0.1, 0.15) is 6.92 Å². The summed E-state index contributed by atoms with van der Waals surface area (Å²) in [6.07, 6.45) is 9.40. The first-order chi connectivity index (χ1) is 4.93. The quantitative estimate of drug-likeness (QED) is 0.623. The molecule has 0 fully saturated rings. The second kappa shape index (κ2) is 3.77. The predicted octanol–water partition coefficient (Wildman–Crippen LogP) is 1.54. The molecule has 0 aromatic heterocycles. The minimum absolute atomic E-state index is 0.663. The van der Waals surface area contributed by atoms with Crippen LogP contribution in [0.2, 0.25) is 0 Å². The van der Waals surface area contributed by atoms with E-state index in [9.17, 15) is 0 Å². The average Bonchev–Trinajstić information content (AvgIpc) is 2.03. The zero-order chi connectivity index (χ0) is 7.23. The SMILES string of the molecule is C/C=C\NC1=CCOC=C1. The van der Waals surface area contributed by atoms with Gasteiger partial charge in [-0.1, -0.05) is 6.08 Å². The lowest BCUT2D eigenvalue weighted by Crippen LogP contribution is -2.05. The molecule has 0 aromatic rings. The fourth-order valence-electron chi connectivity index (χ4n) is 0.670. The highest BCUT2D eigenvalue weighted by Gasteiger charge is 1.91. The molecule has 1 rings (SSSR count). The standard InChI is InChI=1S/C8H11NO/c1-2-5-9-8-3-6-10-7-4-8/h2-6,9H,7H2,1H3/b5-2-. The number of allylic oxidation sites excluding steroid dienone is 2. The van der Waals surface area contributed by atoms with E-state index >= 15 is 0 Å². The van der Waals surface area contributed by atoms with Crippen molar-refractivity contribution >= 4 is 0 Å². The molecule has 1 heterocycles. The van der Waals surface area contributed by atoms with Gasteiger partial charge in [-0.25, -0.2) is 0 Å². The van der Waals surface area contributed by atoms with Gasteiger partial charge >= 0.3 is 0 Å². The molecule has 0 unspecified atom stereocenters. The topological polar surface area (TPSA) is 21.3 Å². The third-order valence-corrected chi connectivity index (χ3v) is 1.16. The van der Waals surface area contributed by atoms with Crippen molar-refractivity contribution in [2.75, 3.05) is 6.61 Å². The molecule has 1 aliphatic heterocycles. The first-order valence-corrected chi connectivity index (χ1v) is 3.29. The highest BCUT2D eigenvalue weighted by Crippen LogP contribution is 1.98. The Kier molecular flexibility index (Phi) is 2.62. The first-order valence-electron chi connectivity index (χ1n) is 3.29. The summed E-state index contributed by atoms with van der Waals surface area (Å²) >= 11 is 0. The normalized spacial score (nSPS) is 16.7. The number of ether oxygens (including phenoxy) is 1. The van der Waals surface area contributed by atoms with Gasteiger partial charge in [-0.2, -0.15) is 0 Å². The zero-order valence-corrected chi connectivity index (χ0v) is 6.00. The third kappa shape index (κ3) is 1.97. The molecule has 0 atom stereocenters. The molecule has 0 radical (unpaired) electrons. The van der Waals surface area contributed by atoms with Gasteiger partial charge in [0.2, 0.25) is 0 Å². The van der Waals surface area contributed by atoms with Gasteiger partial charge in [0.05, 0.1) is 6.26 Å². The highest BCUT2D eigenvalue weighted by atomic mass is 16.5. The maximum atomic E-state index is 4.96. The molecular weight excluding hydrogens is 126 g/mol. The molecule has 0 aliphatic carbocycles. The van der Waals surface area contributed by atoms with Crippen LogP contribution in [0.3, 0.4) is 0 Å². The smallest absolute Gasteiger partial charge is 0.108 e. The molecule has 2 nitrogen and oxygen atoms in total. The molecule has 0 spiro atoms. The van der Waals surface area contributed by atoms with Crippen molar-refractivity contribution in [1.82, 2.24) is 5.32 Å². The number of hydrogen-bond donors (Lipinski definition) is 1. The second-order valence-electron chi connectivity index (χ2n) is 1.94. The van der Waals surface area contributed by atoms with Crippen LogP contribution < -0.4 is 5.32 Å². The van der Waals surface area contributed by atoms with Crippen molar-refractivity contribution in [2.45, 2.75) is 6.92 Å². The molecule has 1 N–H and O–H groups in total. The molecule has 1 aliphatic rings. The summed E-state index contributed by atoms with van der Waals surface area (Å²) in [5, 5.41) is 3.08. The van der Waals surface area contributed by atoms with Crippen LogP contribution in [-0.4, -0.2) is 6.61 Å². The van der Waals surface area contributed by atoms with Crippen molar-refractivity contribution < 1.29 is 4.74 Å². The maximum Gasteiger partial charge on any atom is 0.108 e. The summed E-state index contributed by atoms with van der Waals surface area (Å²) < 4.78 is 4.96. The number of hydrogen-bond acceptors (Lipinski definition) is 2. The lowest BCUT2D eigenvalue weighted by atomic mass is 10.3. The lowest BCUT2D eigenvalue weighted by Gasteiger charge is -2.06. The van der Waals surface area contributed by atoms with E-state index in [2.05, 4.69) is 5.32 Å². The first kappa shape index (κ1) is 6.93. The van der Waals surface area contributed by atoms with E-state index in [0.717, 1.165) is 5.70 Å². The van der Waals surface area contributed by atoms with Gasteiger partial charge in [0.1, 0.15) is 6.61 Å². The van der Waals surface area contributed by atoms with Crippen LogP contribution in [0.25, 0.3) is 0 Å². The van der Waals surface area contributed by atoms with E-state index in [-0.39, 0.29) is 0 Å². The van der Waals surface area contributed by atoms with Crippen LogP contribution >= 0.6 is 0 Å². The van der Waals surface area contributed by atoms with Gasteiger partial charge in [-0.05, 0) is 25.3 Å². The van der Waals surface area contributed by atoms with Crippen molar-refractivity contribution in [3.63, 3.8) is 0 Å². The molecule has 0 saturated heterocycles. The molecule has 0 aromatic carbocycles. The Balaban J connectivity index is 2.40. The highest BCUT2D eigenvalue weighted by molar-refractivity contribution is 5.19. The summed E-state index contributed by atoms with van der Waals surface area (Å²) in [5.41, 5.74) is 1.09. The van der Waals surface area contributed by atoms with Crippen LogP contribution in [-0.2, 0) is 4.74 Å². The lowest BCUT2D eigenvalue weighted by molar-refractivity contribution is 0.283. The van der Waals surface area contributed by atoms with E-state index in [1.54, 1.807) is 6.26 Å². The van der Waals surface area contributed by atoms with Crippen molar-refractivity contribution in [3.8, 4) is 0 Å². The van der Waals surface area contributed by atoms with Crippen molar-refractivity contribution in [1.29, 1.82) is 0 Å². The maximum absolute atomic E-state index is 4.96. The molecule has 0 bridgehead atoms. The van der Waals surface area contributed by atoms with Crippen LogP contribution in [0.15, 0.2) is 36.4 Å². The summed E-state index contributed by atoms with van der Waals surface area (Å²) in [6, 6.07) is 0. The van der Waals surface area contributed by atoms with E-state index in [1.807, 2.05) is 31.4 Å². The van der Waals surface area contributed by atoms with E-state index in [4.69, 9.17) is 4.74 Å². The van der Waals surface area contributed by atoms with Crippen molar-refractivity contribution in [2.24, 2.45) is 0 Å². The fraction of sp³-hybridized carbons (Fsp3) is 0.250. The van der Waals surface area contributed by atoms with E-state index in [0.29, 0.717) is 6.61 Å². The molecular formula is C8H11NO. The Morgan fingerprint density at radius 1 is 1.70 bits per heavy atom. The zero-order valence-electron chi connectivity index (χ0n) is 6.00. The van der Waals surface area contributed by atoms with Crippen LogP contribution in [0.5, 0.6) is 0 Å². The predicted molar refractivity (Wildman–Crippen MR) is 41.1 cm³/mol. The summed E-state index contributed by atoms with van der Waals surface area (Å²) in [5.74, 6) is 0. The Labute approximate surface area is 60.9 Å². The van der Waals surface area contributed by atoms with Gasteiger partial charge in [0.15, 0.2) is 0 Å². The van der Waals surface area contributed by atoms with Gasteiger partial charge in [0, 0.05) is 5.70 Å². The second-order valence-corrected chi connectivity index (χ2v) is 1.94. The van der Waals surface area contributed by atoms with E-state index in [1.165, 1.54) is 0 Å².